The molecule has 106 valence electrons. The molecule has 8 heteroatoms. The lowest BCUT2D eigenvalue weighted by atomic mass is 10.3. The zero-order chi connectivity index (χ0) is 14.8. The van der Waals surface area contributed by atoms with Gasteiger partial charge in [0.25, 0.3) is 10.0 Å². The summed E-state index contributed by atoms with van der Waals surface area (Å²) in [6.45, 7) is 0. The van der Waals surface area contributed by atoms with Gasteiger partial charge in [-0.3, -0.25) is 4.72 Å². The molecule has 1 heterocycles. The average molecular weight is 349 g/mol. The van der Waals surface area contributed by atoms with Crippen LogP contribution in [0.4, 0.5) is 5.69 Å². The lowest BCUT2D eigenvalue weighted by molar-refractivity contribution is 0.601. The second-order valence-electron chi connectivity index (χ2n) is 3.78. The minimum absolute atomic E-state index is 0.0409. The second-order valence-corrected chi connectivity index (χ2v) is 7.10. The van der Waals surface area contributed by atoms with Gasteiger partial charge in [0.15, 0.2) is 0 Å². The molecule has 0 atom stereocenters. The Bertz CT molecular complexity index is 719. The van der Waals surface area contributed by atoms with Crippen LogP contribution in [0.5, 0.6) is 0 Å². The predicted molar refractivity (Wildman–Crippen MR) is 83.3 cm³/mol. The third-order valence-corrected chi connectivity index (χ3v) is 5.20. The molecule has 4 nitrogen and oxygen atoms in total. The Morgan fingerprint density at radius 2 is 1.85 bits per heavy atom. The number of hydrogen-bond donors (Lipinski definition) is 1. The Morgan fingerprint density at radius 3 is 2.40 bits per heavy atom. The standard InChI is InChI=1S/C12H10Cl2N2O2S2/c1-19-9-4-2-8(3-5-9)16-20(17,18)10-6-11(13)12(14)15-7-10/h2-7,16H,1H3. The summed E-state index contributed by atoms with van der Waals surface area (Å²) >= 11 is 13.0. The fourth-order valence-electron chi connectivity index (χ4n) is 1.42. The van der Waals surface area contributed by atoms with Crippen LogP contribution in [0, 0.1) is 0 Å². The molecule has 0 aliphatic rings. The number of benzene rings is 1. The van der Waals surface area contributed by atoms with Gasteiger partial charge < -0.3 is 0 Å². The predicted octanol–water partition coefficient (Wildman–Crippen LogP) is 3.91. The number of halogens is 2. The van der Waals surface area contributed by atoms with E-state index in [2.05, 4.69) is 9.71 Å². The Hall–Kier alpha value is -0.950. The number of thioether (sulfide) groups is 1. The first-order chi connectivity index (χ1) is 9.42. The van der Waals surface area contributed by atoms with Crippen molar-refractivity contribution in [2.45, 2.75) is 9.79 Å². The topological polar surface area (TPSA) is 59.1 Å². The molecule has 0 amide bonds. The van der Waals surface area contributed by atoms with E-state index in [1.807, 2.05) is 18.4 Å². The number of nitrogens with one attached hydrogen (secondary N) is 1. The minimum Gasteiger partial charge on any atom is -0.280 e. The van der Waals surface area contributed by atoms with Crippen molar-refractivity contribution >= 4 is 50.7 Å². The first-order valence-corrected chi connectivity index (χ1v) is 8.86. The van der Waals surface area contributed by atoms with Crippen molar-refractivity contribution in [3.63, 3.8) is 0 Å². The molecule has 0 aliphatic heterocycles. The molecule has 1 N–H and O–H groups in total. The monoisotopic (exact) mass is 348 g/mol. The zero-order valence-corrected chi connectivity index (χ0v) is 13.4. The zero-order valence-electron chi connectivity index (χ0n) is 10.3. The molecule has 0 saturated heterocycles. The van der Waals surface area contributed by atoms with Gasteiger partial charge in [-0.2, -0.15) is 0 Å². The van der Waals surface area contributed by atoms with Crippen LogP contribution in [-0.4, -0.2) is 19.7 Å². The van der Waals surface area contributed by atoms with Crippen LogP contribution < -0.4 is 4.72 Å². The third-order valence-electron chi connectivity index (χ3n) is 2.42. The van der Waals surface area contributed by atoms with Crippen LogP contribution in [-0.2, 0) is 10.0 Å². The smallest absolute Gasteiger partial charge is 0.263 e. The van der Waals surface area contributed by atoms with Gasteiger partial charge in [0, 0.05) is 16.8 Å². The summed E-state index contributed by atoms with van der Waals surface area (Å²) in [6.07, 6.45) is 3.10. The Kier molecular flexibility index (Phi) is 4.80. The molecule has 0 fully saturated rings. The van der Waals surface area contributed by atoms with E-state index in [1.165, 1.54) is 6.07 Å². The fourth-order valence-corrected chi connectivity index (χ4v) is 3.20. The number of sulfonamides is 1. The van der Waals surface area contributed by atoms with E-state index in [0.717, 1.165) is 11.1 Å². The number of hydrogen-bond acceptors (Lipinski definition) is 4. The van der Waals surface area contributed by atoms with E-state index in [0.29, 0.717) is 5.69 Å². The SMILES string of the molecule is CSc1ccc(NS(=O)(=O)c2cnc(Cl)c(Cl)c2)cc1. The summed E-state index contributed by atoms with van der Waals surface area (Å²) in [4.78, 5) is 4.73. The van der Waals surface area contributed by atoms with Gasteiger partial charge in [-0.05, 0) is 36.6 Å². The second kappa shape index (κ2) is 6.22. The quantitative estimate of drug-likeness (QED) is 0.672. The summed E-state index contributed by atoms with van der Waals surface area (Å²) in [6, 6.07) is 8.30. The maximum atomic E-state index is 12.2. The Balaban J connectivity index is 2.27. The Morgan fingerprint density at radius 1 is 1.20 bits per heavy atom. The van der Waals surface area contributed by atoms with Crippen molar-refractivity contribution in [2.75, 3.05) is 11.0 Å². The molecule has 0 saturated carbocycles. The maximum absolute atomic E-state index is 12.2. The normalized spacial score (nSPS) is 11.3. The van der Waals surface area contributed by atoms with Gasteiger partial charge in [0.2, 0.25) is 0 Å². The van der Waals surface area contributed by atoms with Crippen LogP contribution in [0.15, 0.2) is 46.3 Å². The first-order valence-electron chi connectivity index (χ1n) is 5.40. The van der Waals surface area contributed by atoms with E-state index < -0.39 is 10.0 Å². The molecule has 0 radical (unpaired) electrons. The van der Waals surface area contributed by atoms with E-state index in [9.17, 15) is 8.42 Å². The van der Waals surface area contributed by atoms with Crippen LogP contribution in [0.25, 0.3) is 0 Å². The highest BCUT2D eigenvalue weighted by Gasteiger charge is 2.16. The number of anilines is 1. The first kappa shape index (κ1) is 15.4. The lowest BCUT2D eigenvalue weighted by Crippen LogP contribution is -2.13. The highest BCUT2D eigenvalue weighted by molar-refractivity contribution is 7.98. The van der Waals surface area contributed by atoms with E-state index in [1.54, 1.807) is 23.9 Å². The maximum Gasteiger partial charge on any atom is 0.263 e. The van der Waals surface area contributed by atoms with Crippen molar-refractivity contribution < 1.29 is 8.42 Å². The summed E-state index contributed by atoms with van der Waals surface area (Å²) in [5.74, 6) is 0. The molecular weight excluding hydrogens is 339 g/mol. The van der Waals surface area contributed by atoms with Crippen molar-refractivity contribution in [2.24, 2.45) is 0 Å². The third kappa shape index (κ3) is 3.58. The number of pyridine rings is 1. The van der Waals surface area contributed by atoms with Gasteiger partial charge in [-0.1, -0.05) is 23.2 Å². The van der Waals surface area contributed by atoms with Gasteiger partial charge in [-0.25, -0.2) is 13.4 Å². The summed E-state index contributed by atoms with van der Waals surface area (Å²) in [7, 11) is -3.73. The molecule has 20 heavy (non-hydrogen) atoms. The molecule has 0 unspecified atom stereocenters. The van der Waals surface area contributed by atoms with Crippen LogP contribution in [0.2, 0.25) is 10.2 Å². The van der Waals surface area contributed by atoms with Crippen LogP contribution >= 0.6 is 35.0 Å². The number of nitrogens with zero attached hydrogens (tertiary/aromatic N) is 1. The van der Waals surface area contributed by atoms with Crippen molar-refractivity contribution in [1.82, 2.24) is 4.98 Å². The highest BCUT2D eigenvalue weighted by atomic mass is 35.5. The molecule has 2 rings (SSSR count). The number of aromatic nitrogens is 1. The lowest BCUT2D eigenvalue weighted by Gasteiger charge is -2.08. The van der Waals surface area contributed by atoms with Gasteiger partial charge in [0.1, 0.15) is 10.0 Å². The van der Waals surface area contributed by atoms with Crippen molar-refractivity contribution in [3.05, 3.63) is 46.7 Å². The summed E-state index contributed by atoms with van der Waals surface area (Å²) in [5, 5.41) is 0.155. The van der Waals surface area contributed by atoms with E-state index in [-0.39, 0.29) is 15.1 Å². The number of rotatable bonds is 4. The fraction of sp³-hybridized carbons (Fsp3) is 0.0833. The molecular formula is C12H10Cl2N2O2S2. The average Bonchev–Trinajstić information content (AvgIpc) is 2.42. The van der Waals surface area contributed by atoms with Crippen molar-refractivity contribution in [3.8, 4) is 0 Å². The van der Waals surface area contributed by atoms with E-state index in [4.69, 9.17) is 23.2 Å². The molecule has 1 aromatic carbocycles. The van der Waals surface area contributed by atoms with Crippen LogP contribution in [0.1, 0.15) is 0 Å². The minimum atomic E-state index is -3.73. The molecule has 2 aromatic rings. The Labute approximate surface area is 131 Å². The summed E-state index contributed by atoms with van der Waals surface area (Å²) in [5.41, 5.74) is 0.467. The molecule has 0 aliphatic carbocycles. The van der Waals surface area contributed by atoms with Gasteiger partial charge in [0.05, 0.1) is 5.02 Å². The van der Waals surface area contributed by atoms with Crippen molar-refractivity contribution in [1.29, 1.82) is 0 Å². The molecule has 0 spiro atoms. The van der Waals surface area contributed by atoms with Gasteiger partial charge >= 0.3 is 0 Å². The van der Waals surface area contributed by atoms with E-state index >= 15 is 0 Å². The summed E-state index contributed by atoms with van der Waals surface area (Å²) < 4.78 is 26.8. The van der Waals surface area contributed by atoms with Crippen LogP contribution in [0.3, 0.4) is 0 Å². The highest BCUT2D eigenvalue weighted by Crippen LogP contribution is 2.24. The largest absolute Gasteiger partial charge is 0.280 e. The molecule has 0 bridgehead atoms. The molecule has 1 aromatic heterocycles. The van der Waals surface area contributed by atoms with Gasteiger partial charge in [-0.15, -0.1) is 11.8 Å².